The second-order valence-electron chi connectivity index (χ2n) is 4.34. The zero-order chi connectivity index (χ0) is 13.0. The molecule has 1 aromatic heterocycles. The number of aromatic nitrogens is 1. The highest BCUT2D eigenvalue weighted by Gasteiger charge is 2.27. The van der Waals surface area contributed by atoms with Gasteiger partial charge in [0.25, 0.3) is 0 Å². The molecule has 2 rings (SSSR count). The van der Waals surface area contributed by atoms with Crippen LogP contribution in [0.25, 0.3) is 0 Å². The fourth-order valence-corrected chi connectivity index (χ4v) is 2.59. The van der Waals surface area contributed by atoms with Crippen LogP contribution in [-0.4, -0.2) is 40.1 Å². The van der Waals surface area contributed by atoms with Crippen LogP contribution in [0.3, 0.4) is 0 Å². The molecule has 1 atom stereocenters. The van der Waals surface area contributed by atoms with Crippen LogP contribution in [0, 0.1) is 5.92 Å². The fourth-order valence-electron chi connectivity index (χ4n) is 2.03. The minimum absolute atomic E-state index is 0.0764. The van der Waals surface area contributed by atoms with Crippen molar-refractivity contribution in [3.05, 3.63) is 16.6 Å². The minimum Gasteiger partial charge on any atom is -0.481 e. The first-order valence-corrected chi connectivity index (χ1v) is 6.71. The summed E-state index contributed by atoms with van der Waals surface area (Å²) in [6, 6.07) is -0.143. The molecule has 1 aliphatic rings. The number of carbonyl (C=O) groups excluding carboxylic acids is 1. The lowest BCUT2D eigenvalue weighted by molar-refractivity contribution is -0.138. The molecule has 0 aromatic carbocycles. The third-order valence-corrected chi connectivity index (χ3v) is 3.58. The smallest absolute Gasteiger partial charge is 0.317 e. The number of hydrogen-bond donors (Lipinski definition) is 2. The number of carboxylic acid groups (broad SMARTS) is 1. The Kier molecular flexibility index (Phi) is 4.14. The van der Waals surface area contributed by atoms with Crippen LogP contribution in [-0.2, 0) is 11.3 Å². The van der Waals surface area contributed by atoms with Gasteiger partial charge in [0.2, 0.25) is 0 Å². The molecule has 98 valence electrons. The lowest BCUT2D eigenvalue weighted by atomic mass is 10.1. The van der Waals surface area contributed by atoms with Crippen LogP contribution in [0.2, 0.25) is 0 Å². The number of carbonyl (C=O) groups is 2. The van der Waals surface area contributed by atoms with Crippen molar-refractivity contribution in [2.75, 3.05) is 13.1 Å². The number of amides is 2. The van der Waals surface area contributed by atoms with Crippen LogP contribution in [0.15, 0.2) is 10.9 Å². The summed E-state index contributed by atoms with van der Waals surface area (Å²) in [5, 5.41) is 13.4. The topological polar surface area (TPSA) is 82.5 Å². The Hall–Kier alpha value is -1.63. The molecule has 0 bridgehead atoms. The second kappa shape index (κ2) is 5.81. The highest BCUT2D eigenvalue weighted by molar-refractivity contribution is 7.07. The van der Waals surface area contributed by atoms with E-state index in [1.807, 2.05) is 5.38 Å². The number of nitrogens with one attached hydrogen (secondary N) is 1. The maximum Gasteiger partial charge on any atom is 0.317 e. The Morgan fingerprint density at radius 3 is 3.11 bits per heavy atom. The summed E-state index contributed by atoms with van der Waals surface area (Å²) in [6.07, 6.45) is 0.895. The number of rotatable bonds is 4. The molecule has 2 N–H and O–H groups in total. The predicted octanol–water partition coefficient (Wildman–Crippen LogP) is 1.15. The van der Waals surface area contributed by atoms with Crippen molar-refractivity contribution in [3.63, 3.8) is 0 Å². The Morgan fingerprint density at radius 2 is 2.44 bits per heavy atom. The molecule has 2 heterocycles. The van der Waals surface area contributed by atoms with E-state index in [0.29, 0.717) is 19.6 Å². The summed E-state index contributed by atoms with van der Waals surface area (Å²) in [6.45, 7) is 1.57. The maximum atomic E-state index is 11.8. The van der Waals surface area contributed by atoms with E-state index in [-0.39, 0.29) is 18.4 Å². The number of thiazole rings is 1. The lowest BCUT2D eigenvalue weighted by Crippen LogP contribution is -2.38. The van der Waals surface area contributed by atoms with Gasteiger partial charge in [-0.25, -0.2) is 9.78 Å². The van der Waals surface area contributed by atoms with E-state index in [0.717, 1.165) is 12.1 Å². The van der Waals surface area contributed by atoms with Gasteiger partial charge >= 0.3 is 12.0 Å². The first-order chi connectivity index (χ1) is 8.65. The molecule has 0 saturated carbocycles. The zero-order valence-electron chi connectivity index (χ0n) is 9.83. The summed E-state index contributed by atoms with van der Waals surface area (Å²) in [5.41, 5.74) is 2.56. The van der Waals surface area contributed by atoms with E-state index in [1.54, 1.807) is 10.4 Å². The van der Waals surface area contributed by atoms with Gasteiger partial charge in [-0.05, 0) is 12.3 Å². The van der Waals surface area contributed by atoms with Gasteiger partial charge in [-0.3, -0.25) is 4.79 Å². The van der Waals surface area contributed by atoms with Crippen molar-refractivity contribution in [1.29, 1.82) is 0 Å². The standard InChI is InChI=1S/C11H15N3O3S/c15-10(16)3-8-1-2-14(5-8)11(17)12-4-9-6-18-7-13-9/h6-8H,1-5H2,(H,12,17)(H,15,16). The first-order valence-electron chi connectivity index (χ1n) is 5.77. The van der Waals surface area contributed by atoms with E-state index in [1.165, 1.54) is 11.3 Å². The van der Waals surface area contributed by atoms with Crippen molar-refractivity contribution < 1.29 is 14.7 Å². The summed E-state index contributed by atoms with van der Waals surface area (Å²) in [7, 11) is 0. The highest BCUT2D eigenvalue weighted by Crippen LogP contribution is 2.19. The van der Waals surface area contributed by atoms with Gasteiger partial charge in [0, 0.05) is 24.9 Å². The van der Waals surface area contributed by atoms with Gasteiger partial charge in [-0.1, -0.05) is 0 Å². The Bertz CT molecular complexity index is 421. The van der Waals surface area contributed by atoms with Gasteiger partial charge in [0.1, 0.15) is 0 Å². The fraction of sp³-hybridized carbons (Fsp3) is 0.545. The molecule has 0 spiro atoms. The van der Waals surface area contributed by atoms with E-state index in [2.05, 4.69) is 10.3 Å². The average Bonchev–Trinajstić information content (AvgIpc) is 2.95. The molecule has 0 aliphatic carbocycles. The SMILES string of the molecule is O=C(O)CC1CCN(C(=O)NCc2cscn2)C1. The minimum atomic E-state index is -0.801. The van der Waals surface area contributed by atoms with Crippen molar-refractivity contribution in [3.8, 4) is 0 Å². The van der Waals surface area contributed by atoms with E-state index in [9.17, 15) is 9.59 Å². The second-order valence-corrected chi connectivity index (χ2v) is 5.06. The van der Waals surface area contributed by atoms with Gasteiger partial charge < -0.3 is 15.3 Å². The van der Waals surface area contributed by atoms with Crippen molar-refractivity contribution >= 4 is 23.3 Å². The quantitative estimate of drug-likeness (QED) is 0.859. The van der Waals surface area contributed by atoms with Crippen LogP contribution in [0.1, 0.15) is 18.5 Å². The maximum absolute atomic E-state index is 11.8. The number of aliphatic carboxylic acids is 1. The Balaban J connectivity index is 1.75. The molecule has 1 fully saturated rings. The first kappa shape index (κ1) is 12.8. The summed E-state index contributed by atoms with van der Waals surface area (Å²) in [5.74, 6) is -0.725. The zero-order valence-corrected chi connectivity index (χ0v) is 10.7. The molecule has 18 heavy (non-hydrogen) atoms. The van der Waals surface area contributed by atoms with Gasteiger partial charge in [-0.2, -0.15) is 0 Å². The van der Waals surface area contributed by atoms with E-state index >= 15 is 0 Å². The lowest BCUT2D eigenvalue weighted by Gasteiger charge is -2.16. The average molecular weight is 269 g/mol. The number of carboxylic acids is 1. The van der Waals surface area contributed by atoms with Gasteiger partial charge in [0.05, 0.1) is 17.7 Å². The highest BCUT2D eigenvalue weighted by atomic mass is 32.1. The Labute approximate surface area is 109 Å². The third-order valence-electron chi connectivity index (χ3n) is 2.94. The monoisotopic (exact) mass is 269 g/mol. The molecule has 1 aliphatic heterocycles. The van der Waals surface area contributed by atoms with Crippen LogP contribution in [0.4, 0.5) is 4.79 Å². The predicted molar refractivity (Wildman–Crippen MR) is 66.3 cm³/mol. The third kappa shape index (κ3) is 3.43. The normalized spacial score (nSPS) is 18.9. The molecule has 6 nitrogen and oxygen atoms in total. The van der Waals surface area contributed by atoms with Crippen molar-refractivity contribution in [2.45, 2.75) is 19.4 Å². The molecule has 7 heteroatoms. The molecule has 0 radical (unpaired) electrons. The van der Waals surface area contributed by atoms with E-state index in [4.69, 9.17) is 5.11 Å². The van der Waals surface area contributed by atoms with Crippen LogP contribution < -0.4 is 5.32 Å². The Morgan fingerprint density at radius 1 is 1.61 bits per heavy atom. The summed E-state index contributed by atoms with van der Waals surface area (Å²) in [4.78, 5) is 28.1. The summed E-state index contributed by atoms with van der Waals surface area (Å²) < 4.78 is 0. The molecule has 1 saturated heterocycles. The largest absolute Gasteiger partial charge is 0.481 e. The molecule has 1 aromatic rings. The van der Waals surface area contributed by atoms with Gasteiger partial charge in [0.15, 0.2) is 0 Å². The summed E-state index contributed by atoms with van der Waals surface area (Å²) >= 11 is 1.49. The molecule has 2 amide bonds. The number of urea groups is 1. The van der Waals surface area contributed by atoms with Crippen LogP contribution >= 0.6 is 11.3 Å². The van der Waals surface area contributed by atoms with E-state index < -0.39 is 5.97 Å². The number of hydrogen-bond acceptors (Lipinski definition) is 4. The van der Waals surface area contributed by atoms with Crippen LogP contribution in [0.5, 0.6) is 0 Å². The van der Waals surface area contributed by atoms with Gasteiger partial charge in [-0.15, -0.1) is 11.3 Å². The molecule has 1 unspecified atom stereocenters. The number of nitrogens with zero attached hydrogens (tertiary/aromatic N) is 2. The molecular weight excluding hydrogens is 254 g/mol. The molecular formula is C11H15N3O3S. The van der Waals surface area contributed by atoms with Crippen molar-refractivity contribution in [2.24, 2.45) is 5.92 Å². The van der Waals surface area contributed by atoms with Crippen molar-refractivity contribution in [1.82, 2.24) is 15.2 Å². The number of likely N-dealkylation sites (tertiary alicyclic amines) is 1.